The molecular weight excluding hydrogens is 208 g/mol. The predicted octanol–water partition coefficient (Wildman–Crippen LogP) is -0.491. The molecular formula is C10H16N4O2. The average Bonchev–Trinajstić information content (AvgIpc) is 2.82. The third-order valence-corrected chi connectivity index (χ3v) is 2.89. The second-order valence-corrected chi connectivity index (χ2v) is 4.12. The van der Waals surface area contributed by atoms with Crippen LogP contribution >= 0.6 is 0 Å². The van der Waals surface area contributed by atoms with Gasteiger partial charge >= 0.3 is 0 Å². The highest BCUT2D eigenvalue weighted by atomic mass is 16.3. The van der Waals surface area contributed by atoms with Crippen molar-refractivity contribution in [2.45, 2.75) is 19.4 Å². The largest absolute Gasteiger partial charge is 0.396 e. The zero-order chi connectivity index (χ0) is 11.4. The van der Waals surface area contributed by atoms with E-state index in [4.69, 9.17) is 5.11 Å². The van der Waals surface area contributed by atoms with Crippen molar-refractivity contribution in [2.24, 2.45) is 5.92 Å². The molecule has 88 valence electrons. The number of aliphatic hydroxyl groups excluding tert-OH is 1. The second kappa shape index (κ2) is 5.07. The van der Waals surface area contributed by atoms with E-state index in [1.807, 2.05) is 0 Å². The van der Waals surface area contributed by atoms with Gasteiger partial charge in [0.15, 0.2) is 0 Å². The molecule has 0 radical (unpaired) electrons. The Kier molecular flexibility index (Phi) is 3.51. The summed E-state index contributed by atoms with van der Waals surface area (Å²) in [5, 5.41) is 13.0. The number of hydrogen-bond acceptors (Lipinski definition) is 4. The fourth-order valence-electron chi connectivity index (χ4n) is 1.99. The summed E-state index contributed by atoms with van der Waals surface area (Å²) in [5.41, 5.74) is 0. The maximum absolute atomic E-state index is 11.9. The van der Waals surface area contributed by atoms with Crippen molar-refractivity contribution >= 4 is 5.91 Å². The molecule has 0 aliphatic carbocycles. The lowest BCUT2D eigenvalue weighted by Gasteiger charge is -2.31. The van der Waals surface area contributed by atoms with Gasteiger partial charge in [-0.2, -0.15) is 5.10 Å². The number of nitrogens with zero attached hydrogens (tertiary/aromatic N) is 4. The molecule has 1 N–H and O–H groups in total. The topological polar surface area (TPSA) is 71.2 Å². The maximum atomic E-state index is 11.9. The molecule has 2 heterocycles. The fourth-order valence-corrected chi connectivity index (χ4v) is 1.99. The number of likely N-dealkylation sites (tertiary alicyclic amines) is 1. The molecule has 0 spiro atoms. The summed E-state index contributed by atoms with van der Waals surface area (Å²) in [6.07, 6.45) is 4.92. The van der Waals surface area contributed by atoms with Crippen molar-refractivity contribution in [1.82, 2.24) is 19.7 Å². The van der Waals surface area contributed by atoms with E-state index in [9.17, 15) is 4.79 Å². The van der Waals surface area contributed by atoms with E-state index in [2.05, 4.69) is 10.1 Å². The minimum absolute atomic E-state index is 0.0450. The molecule has 0 saturated carbocycles. The first kappa shape index (κ1) is 11.1. The maximum Gasteiger partial charge on any atom is 0.244 e. The third kappa shape index (κ3) is 2.57. The van der Waals surface area contributed by atoms with E-state index in [1.165, 1.54) is 17.3 Å². The SMILES string of the molecule is O=C(Cn1cncn1)N1CCC[C@H](CO)C1. The molecule has 6 heteroatoms. The van der Waals surface area contributed by atoms with Crippen LogP contribution in [0.1, 0.15) is 12.8 Å². The fraction of sp³-hybridized carbons (Fsp3) is 0.700. The summed E-state index contributed by atoms with van der Waals surface area (Å²) in [7, 11) is 0. The lowest BCUT2D eigenvalue weighted by molar-refractivity contribution is -0.134. The molecule has 2 rings (SSSR count). The van der Waals surface area contributed by atoms with E-state index in [0.717, 1.165) is 19.4 Å². The van der Waals surface area contributed by atoms with Gasteiger partial charge in [-0.1, -0.05) is 0 Å². The van der Waals surface area contributed by atoms with Crippen LogP contribution in [0.5, 0.6) is 0 Å². The van der Waals surface area contributed by atoms with Crippen LogP contribution in [-0.4, -0.2) is 50.4 Å². The number of aromatic nitrogens is 3. The molecule has 16 heavy (non-hydrogen) atoms. The van der Waals surface area contributed by atoms with Crippen molar-refractivity contribution in [3.63, 3.8) is 0 Å². The molecule has 1 fully saturated rings. The van der Waals surface area contributed by atoms with Crippen molar-refractivity contribution in [3.05, 3.63) is 12.7 Å². The monoisotopic (exact) mass is 224 g/mol. The van der Waals surface area contributed by atoms with Crippen molar-refractivity contribution in [3.8, 4) is 0 Å². The van der Waals surface area contributed by atoms with Gasteiger partial charge in [0.25, 0.3) is 0 Å². The Morgan fingerprint density at radius 3 is 3.12 bits per heavy atom. The Bertz CT molecular complexity index is 339. The van der Waals surface area contributed by atoms with Crippen LogP contribution < -0.4 is 0 Å². The Balaban J connectivity index is 1.89. The van der Waals surface area contributed by atoms with Gasteiger partial charge in [-0.05, 0) is 18.8 Å². The minimum Gasteiger partial charge on any atom is -0.396 e. The number of hydrogen-bond donors (Lipinski definition) is 1. The van der Waals surface area contributed by atoms with Gasteiger partial charge in [-0.3, -0.25) is 4.79 Å². The summed E-state index contributed by atoms with van der Waals surface area (Å²) in [4.78, 5) is 17.5. The highest BCUT2D eigenvalue weighted by Crippen LogP contribution is 2.15. The molecule has 0 aromatic carbocycles. The van der Waals surface area contributed by atoms with E-state index < -0.39 is 0 Å². The average molecular weight is 224 g/mol. The highest BCUT2D eigenvalue weighted by molar-refractivity contribution is 5.75. The van der Waals surface area contributed by atoms with Gasteiger partial charge < -0.3 is 10.0 Å². The molecule has 1 aromatic rings. The van der Waals surface area contributed by atoms with Gasteiger partial charge in [0.2, 0.25) is 5.91 Å². The van der Waals surface area contributed by atoms with Crippen LogP contribution in [0.3, 0.4) is 0 Å². The van der Waals surface area contributed by atoms with E-state index in [0.29, 0.717) is 6.54 Å². The summed E-state index contributed by atoms with van der Waals surface area (Å²) in [5.74, 6) is 0.275. The Labute approximate surface area is 93.9 Å². The number of aliphatic hydroxyl groups is 1. The lowest BCUT2D eigenvalue weighted by Crippen LogP contribution is -2.42. The molecule has 6 nitrogen and oxygen atoms in total. The number of amides is 1. The van der Waals surface area contributed by atoms with Crippen molar-refractivity contribution in [1.29, 1.82) is 0 Å². The van der Waals surface area contributed by atoms with Gasteiger partial charge in [0, 0.05) is 19.7 Å². The second-order valence-electron chi connectivity index (χ2n) is 4.12. The van der Waals surface area contributed by atoms with Gasteiger partial charge in [-0.15, -0.1) is 0 Å². The molecule has 1 amide bonds. The third-order valence-electron chi connectivity index (χ3n) is 2.89. The lowest BCUT2D eigenvalue weighted by atomic mass is 9.99. The minimum atomic E-state index is 0.0450. The molecule has 1 atom stereocenters. The summed E-state index contributed by atoms with van der Waals surface area (Å²) >= 11 is 0. The van der Waals surface area contributed by atoms with Crippen LogP contribution in [0.4, 0.5) is 0 Å². The first-order valence-corrected chi connectivity index (χ1v) is 5.50. The first-order chi connectivity index (χ1) is 7.79. The smallest absolute Gasteiger partial charge is 0.244 e. The molecule has 0 unspecified atom stereocenters. The first-order valence-electron chi connectivity index (χ1n) is 5.50. The van der Waals surface area contributed by atoms with Gasteiger partial charge in [0.1, 0.15) is 19.2 Å². The highest BCUT2D eigenvalue weighted by Gasteiger charge is 2.23. The van der Waals surface area contributed by atoms with E-state index in [-0.39, 0.29) is 25.0 Å². The van der Waals surface area contributed by atoms with Crippen LogP contribution in [0, 0.1) is 5.92 Å². The Hall–Kier alpha value is -1.43. The van der Waals surface area contributed by atoms with Gasteiger partial charge in [-0.25, -0.2) is 9.67 Å². The molecule has 1 aliphatic heterocycles. The molecule has 0 bridgehead atoms. The Morgan fingerprint density at radius 2 is 2.44 bits per heavy atom. The van der Waals surface area contributed by atoms with Crippen LogP contribution in [0.2, 0.25) is 0 Å². The number of carbonyl (C=O) groups is 1. The zero-order valence-electron chi connectivity index (χ0n) is 9.12. The number of carbonyl (C=O) groups excluding carboxylic acids is 1. The predicted molar refractivity (Wildman–Crippen MR) is 56.4 cm³/mol. The quantitative estimate of drug-likeness (QED) is 0.752. The van der Waals surface area contributed by atoms with Crippen LogP contribution in [0.15, 0.2) is 12.7 Å². The van der Waals surface area contributed by atoms with E-state index in [1.54, 1.807) is 4.90 Å². The van der Waals surface area contributed by atoms with Gasteiger partial charge in [0.05, 0.1) is 0 Å². The summed E-state index contributed by atoms with van der Waals surface area (Å²) < 4.78 is 1.52. The summed E-state index contributed by atoms with van der Waals surface area (Å²) in [6.45, 7) is 1.83. The summed E-state index contributed by atoms with van der Waals surface area (Å²) in [6, 6.07) is 0. The van der Waals surface area contributed by atoms with Crippen LogP contribution in [0.25, 0.3) is 0 Å². The van der Waals surface area contributed by atoms with Crippen molar-refractivity contribution < 1.29 is 9.90 Å². The number of piperidine rings is 1. The van der Waals surface area contributed by atoms with Crippen molar-refractivity contribution in [2.75, 3.05) is 19.7 Å². The van der Waals surface area contributed by atoms with Crippen LogP contribution in [-0.2, 0) is 11.3 Å². The zero-order valence-corrected chi connectivity index (χ0v) is 9.12. The Morgan fingerprint density at radius 1 is 1.56 bits per heavy atom. The molecule has 1 aromatic heterocycles. The number of rotatable bonds is 3. The molecule has 1 aliphatic rings. The van der Waals surface area contributed by atoms with E-state index >= 15 is 0 Å². The normalized spacial score (nSPS) is 21.1. The standard InChI is InChI=1S/C10H16N4O2/c15-6-9-2-1-3-13(4-9)10(16)5-14-8-11-7-12-14/h7-9,15H,1-6H2/t9-/m0/s1. The molecule has 1 saturated heterocycles.